The molecule has 0 amide bonds. The molecule has 8 N–H and O–H groups in total. The summed E-state index contributed by atoms with van der Waals surface area (Å²) < 4.78 is 48.0. The van der Waals surface area contributed by atoms with E-state index in [0.29, 0.717) is 6.42 Å². The molecule has 0 aromatic rings. The number of unbranched alkanes of at least 4 members (excludes halogenated alkanes) is 14. The van der Waals surface area contributed by atoms with Crippen molar-refractivity contribution < 1.29 is 76.6 Å². The van der Waals surface area contributed by atoms with Crippen molar-refractivity contribution in [3.8, 4) is 0 Å². The summed E-state index contributed by atoms with van der Waals surface area (Å²) in [7, 11) is -9.91. The number of aliphatic hydroxyl groups excluding tert-OH is 2. The number of phosphoric ester groups is 2. The fourth-order valence-corrected chi connectivity index (χ4v) is 8.34. The molecule has 17 nitrogen and oxygen atoms in total. The van der Waals surface area contributed by atoms with Crippen molar-refractivity contribution in [2.75, 3.05) is 32.2 Å². The topological polar surface area (TPSA) is 279 Å². The predicted molar refractivity (Wildman–Crippen MR) is 263 cm³/mol. The second-order valence-electron chi connectivity index (χ2n) is 16.2. The summed E-state index contributed by atoms with van der Waals surface area (Å²) in [6.45, 7) is 1.14. The number of ether oxygens (including phenoxy) is 2. The van der Waals surface area contributed by atoms with Gasteiger partial charge in [0.05, 0.1) is 25.9 Å². The molecule has 0 aromatic carbocycles. The molecule has 1 unspecified atom stereocenters. The number of allylic oxidation sites excluding steroid dienone is 9. The molecule has 0 spiro atoms. The van der Waals surface area contributed by atoms with Crippen molar-refractivity contribution in [2.45, 2.75) is 185 Å². The summed E-state index contributed by atoms with van der Waals surface area (Å²) in [5.41, 5.74) is 6.19. The van der Waals surface area contributed by atoms with Gasteiger partial charge in [-0.2, -0.15) is 0 Å². The van der Waals surface area contributed by atoms with E-state index in [0.717, 1.165) is 76.0 Å². The Morgan fingerprint density at radius 3 is 1.84 bits per heavy atom. The lowest BCUT2D eigenvalue weighted by Crippen LogP contribution is -2.40. The van der Waals surface area contributed by atoms with Crippen molar-refractivity contribution in [1.29, 1.82) is 0 Å². The highest BCUT2D eigenvalue weighted by Gasteiger charge is 2.30. The van der Waals surface area contributed by atoms with E-state index in [1.807, 2.05) is 18.2 Å². The Balaban J connectivity index is 5.38. The Morgan fingerprint density at radius 2 is 1.19 bits per heavy atom. The van der Waals surface area contributed by atoms with Crippen LogP contribution in [0.5, 0.6) is 0 Å². The van der Waals surface area contributed by atoms with Crippen LogP contribution in [0.3, 0.4) is 0 Å². The van der Waals surface area contributed by atoms with Gasteiger partial charge in [0.1, 0.15) is 18.8 Å². The van der Waals surface area contributed by atoms with E-state index >= 15 is 0 Å². The van der Waals surface area contributed by atoms with Crippen LogP contribution in [0.4, 0.5) is 0 Å². The molecule has 20 heteroatoms. The largest absolute Gasteiger partial charge is 0.481 e. The highest BCUT2D eigenvalue weighted by Crippen LogP contribution is 2.44. The van der Waals surface area contributed by atoms with Crippen LogP contribution in [0.2, 0.25) is 0 Å². The average molecular weight is 1010 g/mol. The molecule has 0 bridgehead atoms. The van der Waals surface area contributed by atoms with Gasteiger partial charge >= 0.3 is 33.6 Å². The maximum atomic E-state index is 13.2. The number of carbonyl (C=O) groups excluding carboxylic acids is 2. The molecule has 388 valence electrons. The summed E-state index contributed by atoms with van der Waals surface area (Å²) in [6.07, 6.45) is 35.5. The average Bonchev–Trinajstić information content (AvgIpc) is 3.27. The normalized spacial score (nSPS) is 15.7. The van der Waals surface area contributed by atoms with E-state index in [9.17, 15) is 38.6 Å². The second-order valence-corrected chi connectivity index (χ2v) is 20.1. The summed E-state index contributed by atoms with van der Waals surface area (Å²) in [6, 6.07) is -1.29. The Bertz CT molecular complexity index is 1540. The zero-order chi connectivity index (χ0) is 50.0. The summed E-state index contributed by atoms with van der Waals surface area (Å²) >= 11 is 1.13. The lowest BCUT2D eigenvalue weighted by molar-refractivity contribution is -0.161. The standard InChI is InChI=1S/C47H83NO16P2S/c1-3-5-7-9-11-13-15-17-18-19-21-23-25-27-29-34-46(53)60-37-41(38-63-66(58,59)62-36-40(49)35-61-65(55,56)57)64-47(54)42(48)39-67-44(43(50)31-30-33-45(51)52)32-28-26-24-22-20-16-14-12-10-8-6-4-2/h12-15,20,22,24,26,28,32,40-44,49-50H,3-11,16-19,21,23,25,27,29-31,33-39,48H2,1-2H3,(H,51,52)(H,58,59)(H2,55,56,57)/b14-12-,15-13-,22-20-,26-24+,32-28+/t40-,41+,42-,43-,44+/m0/s1. The van der Waals surface area contributed by atoms with Gasteiger partial charge < -0.3 is 45.2 Å². The maximum Gasteiger partial charge on any atom is 0.472 e. The van der Waals surface area contributed by atoms with E-state index in [1.54, 1.807) is 18.2 Å². The molecule has 0 radical (unpaired) electrons. The lowest BCUT2D eigenvalue weighted by atomic mass is 10.1. The number of esters is 2. The Kier molecular flexibility index (Phi) is 40.9. The summed E-state index contributed by atoms with van der Waals surface area (Å²) in [5, 5.41) is 29.2. The zero-order valence-corrected chi connectivity index (χ0v) is 42.5. The minimum atomic E-state index is -4.97. The Hall–Kier alpha value is -2.44. The van der Waals surface area contributed by atoms with Crippen LogP contribution in [-0.2, 0) is 46.6 Å². The molecule has 0 aliphatic heterocycles. The molecule has 0 rings (SSSR count). The number of aliphatic carboxylic acids is 1. The van der Waals surface area contributed by atoms with Crippen LogP contribution in [0.15, 0.2) is 60.8 Å². The highest BCUT2D eigenvalue weighted by molar-refractivity contribution is 8.00. The Labute approximate surface area is 403 Å². The molecule has 0 aliphatic carbocycles. The Morgan fingerprint density at radius 1 is 0.642 bits per heavy atom. The second kappa shape index (κ2) is 42.4. The van der Waals surface area contributed by atoms with Crippen LogP contribution >= 0.6 is 27.4 Å². The van der Waals surface area contributed by atoms with Crippen molar-refractivity contribution in [3.63, 3.8) is 0 Å². The highest BCUT2D eigenvalue weighted by atomic mass is 32.2. The number of carboxylic acids is 1. The molecule has 6 atom stereocenters. The molecule has 0 heterocycles. The summed E-state index contributed by atoms with van der Waals surface area (Å²) in [4.78, 5) is 64.8. The molecule has 67 heavy (non-hydrogen) atoms. The number of phosphoric acid groups is 2. The maximum absolute atomic E-state index is 13.2. The third kappa shape index (κ3) is 43.3. The van der Waals surface area contributed by atoms with Crippen LogP contribution in [0, 0.1) is 0 Å². The van der Waals surface area contributed by atoms with E-state index in [1.165, 1.54) is 44.9 Å². The number of carboxylic acid groups (broad SMARTS) is 1. The molecule has 0 saturated carbocycles. The van der Waals surface area contributed by atoms with Gasteiger partial charge in [0.25, 0.3) is 0 Å². The minimum absolute atomic E-state index is 0.0716. The first-order valence-electron chi connectivity index (χ1n) is 23.9. The van der Waals surface area contributed by atoms with Crippen molar-refractivity contribution >= 4 is 45.3 Å². The minimum Gasteiger partial charge on any atom is -0.481 e. The lowest BCUT2D eigenvalue weighted by Gasteiger charge is -2.23. The van der Waals surface area contributed by atoms with Gasteiger partial charge in [-0.05, 0) is 64.2 Å². The number of carbonyl (C=O) groups is 3. The van der Waals surface area contributed by atoms with Crippen molar-refractivity contribution in [2.24, 2.45) is 5.73 Å². The van der Waals surface area contributed by atoms with E-state index in [-0.39, 0.29) is 31.4 Å². The van der Waals surface area contributed by atoms with Crippen molar-refractivity contribution in [3.05, 3.63) is 60.8 Å². The van der Waals surface area contributed by atoms with Crippen molar-refractivity contribution in [1.82, 2.24) is 0 Å². The fraction of sp³-hybridized carbons (Fsp3) is 0.723. The number of rotatable bonds is 45. The SMILES string of the molecule is CCCCC/C=C\C\C=C/C=C/C=C/[C@@H](SC[C@H](N)C(=O)O[C@H](COC(=O)CCCCCCCCC/C=C\CCCCCC)COP(=O)(O)OC[C@@H](O)COP(=O)(O)O)[C@@H](O)CCCC(=O)O. The quantitative estimate of drug-likeness (QED) is 0.00983. The number of hydrogen-bond acceptors (Lipinski definition) is 14. The van der Waals surface area contributed by atoms with Crippen LogP contribution in [0.1, 0.15) is 155 Å². The van der Waals surface area contributed by atoms with E-state index < -0.39 is 89.6 Å². The number of thioether (sulfide) groups is 1. The molecule has 0 fully saturated rings. The fourth-order valence-electron chi connectivity index (χ4n) is 6.06. The van der Waals surface area contributed by atoms with Gasteiger partial charge in [0.2, 0.25) is 0 Å². The smallest absolute Gasteiger partial charge is 0.472 e. The van der Waals surface area contributed by atoms with E-state index in [2.05, 4.69) is 47.2 Å². The molecule has 0 saturated heterocycles. The van der Waals surface area contributed by atoms with Gasteiger partial charge in [-0.3, -0.25) is 28.0 Å². The van der Waals surface area contributed by atoms with Crippen LogP contribution in [0.25, 0.3) is 0 Å². The monoisotopic (exact) mass is 1010 g/mol. The number of hydrogen-bond donors (Lipinski definition) is 7. The first-order chi connectivity index (χ1) is 32.0. The molecular formula is C47H83NO16P2S. The van der Waals surface area contributed by atoms with Gasteiger partial charge in [-0.15, -0.1) is 11.8 Å². The molecule has 0 aliphatic rings. The predicted octanol–water partition coefficient (Wildman–Crippen LogP) is 9.32. The first-order valence-corrected chi connectivity index (χ1v) is 28.0. The van der Waals surface area contributed by atoms with E-state index in [4.69, 9.17) is 34.6 Å². The first kappa shape index (κ1) is 64.6. The van der Waals surface area contributed by atoms with Gasteiger partial charge in [0.15, 0.2) is 6.10 Å². The zero-order valence-electron chi connectivity index (χ0n) is 39.9. The van der Waals surface area contributed by atoms with Gasteiger partial charge in [-0.25, -0.2) is 9.13 Å². The third-order valence-corrected chi connectivity index (χ3v) is 12.7. The number of aliphatic hydroxyl groups is 2. The van der Waals surface area contributed by atoms with Gasteiger partial charge in [-0.1, -0.05) is 139 Å². The van der Waals surface area contributed by atoms with Crippen LogP contribution in [-0.4, -0.2) is 110 Å². The molecule has 0 aromatic heterocycles. The third-order valence-electron chi connectivity index (χ3n) is 9.87. The van der Waals surface area contributed by atoms with Gasteiger partial charge in [0, 0.05) is 23.8 Å². The molecular weight excluding hydrogens is 929 g/mol. The summed E-state index contributed by atoms with van der Waals surface area (Å²) in [5.74, 6) is -2.64. The van der Waals surface area contributed by atoms with Crippen LogP contribution < -0.4 is 5.73 Å². The number of nitrogens with two attached hydrogens (primary N) is 1.